The number of ether oxygens (including phenoxy) is 1. The van der Waals surface area contributed by atoms with E-state index in [0.717, 1.165) is 13.1 Å². The number of carbonyl (C=O) groups excluding carboxylic acids is 1. The van der Waals surface area contributed by atoms with Crippen molar-refractivity contribution in [2.24, 2.45) is 0 Å². The van der Waals surface area contributed by atoms with Crippen LogP contribution in [0.5, 0.6) is 0 Å². The zero-order valence-corrected chi connectivity index (χ0v) is 14.7. The molecule has 2 rings (SSSR count). The molecular weight excluding hydrogens is 316 g/mol. The second-order valence-corrected chi connectivity index (χ2v) is 8.06. The third kappa shape index (κ3) is 4.31. The Kier molecular flexibility index (Phi) is 5.78. The predicted octanol–water partition coefficient (Wildman–Crippen LogP) is 0.883. The predicted molar refractivity (Wildman–Crippen MR) is 88.4 cm³/mol. The van der Waals surface area contributed by atoms with E-state index < -0.39 is 9.84 Å². The van der Waals surface area contributed by atoms with Gasteiger partial charge in [0.05, 0.1) is 17.3 Å². The molecule has 1 aliphatic rings. The van der Waals surface area contributed by atoms with Crippen LogP contribution in [0.25, 0.3) is 0 Å². The lowest BCUT2D eigenvalue weighted by Crippen LogP contribution is -2.52. The first-order valence-electron chi connectivity index (χ1n) is 7.66. The summed E-state index contributed by atoms with van der Waals surface area (Å²) in [5.41, 5.74) is 0.520. The van der Waals surface area contributed by atoms with Gasteiger partial charge in [0.1, 0.15) is 0 Å². The third-order valence-electron chi connectivity index (χ3n) is 4.11. The maximum absolute atomic E-state index is 12.6. The lowest BCUT2D eigenvalue weighted by atomic mass is 10.1. The van der Waals surface area contributed by atoms with Crippen LogP contribution in [0.4, 0.5) is 0 Å². The molecule has 1 heterocycles. The molecule has 23 heavy (non-hydrogen) atoms. The summed E-state index contributed by atoms with van der Waals surface area (Å²) in [4.78, 5) is 16.8. The minimum Gasteiger partial charge on any atom is -0.384 e. The van der Waals surface area contributed by atoms with Crippen molar-refractivity contribution in [3.05, 3.63) is 29.8 Å². The van der Waals surface area contributed by atoms with Crippen LogP contribution in [0.2, 0.25) is 0 Å². The van der Waals surface area contributed by atoms with E-state index in [1.54, 1.807) is 12.1 Å². The quantitative estimate of drug-likeness (QED) is 0.796. The molecule has 1 aliphatic heterocycles. The average Bonchev–Trinajstić information content (AvgIpc) is 2.52. The molecule has 1 amide bonds. The van der Waals surface area contributed by atoms with Gasteiger partial charge in [-0.2, -0.15) is 0 Å². The largest absolute Gasteiger partial charge is 0.384 e. The Morgan fingerprint density at radius 1 is 1.26 bits per heavy atom. The Balaban J connectivity index is 2.11. The SMILES string of the molecule is COCCS(=O)(=O)c1ccc(C(=O)N2CCN(C)C[C@H]2C)cc1. The highest BCUT2D eigenvalue weighted by Crippen LogP contribution is 2.16. The number of piperazine rings is 1. The molecule has 0 N–H and O–H groups in total. The van der Waals surface area contributed by atoms with Gasteiger partial charge in [0.25, 0.3) is 5.91 Å². The second-order valence-electron chi connectivity index (χ2n) is 5.95. The fraction of sp³-hybridized carbons (Fsp3) is 0.562. The third-order valence-corrected chi connectivity index (χ3v) is 5.80. The molecule has 1 atom stereocenters. The van der Waals surface area contributed by atoms with Gasteiger partial charge < -0.3 is 14.5 Å². The lowest BCUT2D eigenvalue weighted by Gasteiger charge is -2.38. The molecule has 0 aromatic heterocycles. The van der Waals surface area contributed by atoms with E-state index in [1.165, 1.54) is 19.2 Å². The van der Waals surface area contributed by atoms with Crippen LogP contribution >= 0.6 is 0 Å². The molecular formula is C16H24N2O4S. The van der Waals surface area contributed by atoms with Crippen molar-refractivity contribution >= 4 is 15.7 Å². The van der Waals surface area contributed by atoms with Crippen molar-refractivity contribution in [2.45, 2.75) is 17.9 Å². The zero-order valence-electron chi connectivity index (χ0n) is 13.9. The summed E-state index contributed by atoms with van der Waals surface area (Å²) >= 11 is 0. The van der Waals surface area contributed by atoms with Gasteiger partial charge in [-0.15, -0.1) is 0 Å². The van der Waals surface area contributed by atoms with Crippen molar-refractivity contribution < 1.29 is 17.9 Å². The summed E-state index contributed by atoms with van der Waals surface area (Å²) in [5, 5.41) is 0. The number of hydrogen-bond acceptors (Lipinski definition) is 5. The molecule has 1 fully saturated rings. The average molecular weight is 340 g/mol. The first kappa shape index (κ1) is 17.9. The molecule has 1 aromatic rings. The Morgan fingerprint density at radius 2 is 1.91 bits per heavy atom. The first-order chi connectivity index (χ1) is 10.8. The molecule has 0 unspecified atom stereocenters. The highest BCUT2D eigenvalue weighted by molar-refractivity contribution is 7.91. The van der Waals surface area contributed by atoms with Gasteiger partial charge >= 0.3 is 0 Å². The number of carbonyl (C=O) groups is 1. The number of likely N-dealkylation sites (N-methyl/N-ethyl adjacent to an activating group) is 1. The Morgan fingerprint density at radius 3 is 2.48 bits per heavy atom. The van der Waals surface area contributed by atoms with Crippen LogP contribution in [-0.2, 0) is 14.6 Å². The monoisotopic (exact) mass is 340 g/mol. The Bertz CT molecular complexity index is 643. The molecule has 0 spiro atoms. The maximum atomic E-state index is 12.6. The first-order valence-corrected chi connectivity index (χ1v) is 9.31. The van der Waals surface area contributed by atoms with Gasteiger partial charge in [0.2, 0.25) is 0 Å². The standard InChI is InChI=1S/C16H24N2O4S/c1-13-12-17(2)8-9-18(13)16(19)14-4-6-15(7-5-14)23(20,21)11-10-22-3/h4-7,13H,8-12H2,1-3H3/t13-/m1/s1. The van der Waals surface area contributed by atoms with E-state index in [4.69, 9.17) is 4.74 Å². The van der Waals surface area contributed by atoms with Gasteiger partial charge in [0, 0.05) is 38.3 Å². The van der Waals surface area contributed by atoms with Gasteiger partial charge in [-0.05, 0) is 38.2 Å². The molecule has 128 valence electrons. The lowest BCUT2D eigenvalue weighted by molar-refractivity contribution is 0.0533. The van der Waals surface area contributed by atoms with Crippen LogP contribution in [-0.4, -0.2) is 76.3 Å². The highest BCUT2D eigenvalue weighted by Gasteiger charge is 2.26. The van der Waals surface area contributed by atoms with Crippen molar-refractivity contribution in [1.82, 2.24) is 9.80 Å². The zero-order chi connectivity index (χ0) is 17.0. The Labute approximate surface area is 137 Å². The van der Waals surface area contributed by atoms with Gasteiger partial charge in [-0.1, -0.05) is 0 Å². The van der Waals surface area contributed by atoms with E-state index in [0.29, 0.717) is 12.1 Å². The number of hydrogen-bond donors (Lipinski definition) is 0. The van der Waals surface area contributed by atoms with Crippen molar-refractivity contribution in [3.8, 4) is 0 Å². The van der Waals surface area contributed by atoms with Crippen LogP contribution in [0.1, 0.15) is 17.3 Å². The summed E-state index contributed by atoms with van der Waals surface area (Å²) in [6.07, 6.45) is 0. The normalized spacial score (nSPS) is 19.8. The molecule has 0 radical (unpaired) electrons. The minimum atomic E-state index is -3.36. The number of nitrogens with zero attached hydrogens (tertiary/aromatic N) is 2. The van der Waals surface area contributed by atoms with Crippen molar-refractivity contribution in [3.63, 3.8) is 0 Å². The number of amides is 1. The number of rotatable bonds is 5. The summed E-state index contributed by atoms with van der Waals surface area (Å²) < 4.78 is 29.0. The molecule has 7 heteroatoms. The van der Waals surface area contributed by atoms with E-state index in [-0.39, 0.29) is 29.2 Å². The fourth-order valence-electron chi connectivity index (χ4n) is 2.72. The van der Waals surface area contributed by atoms with Crippen LogP contribution < -0.4 is 0 Å². The fourth-order valence-corrected chi connectivity index (χ4v) is 3.90. The van der Waals surface area contributed by atoms with Crippen molar-refractivity contribution in [1.29, 1.82) is 0 Å². The second kappa shape index (κ2) is 7.42. The van der Waals surface area contributed by atoms with Gasteiger partial charge in [-0.3, -0.25) is 4.79 Å². The molecule has 0 aliphatic carbocycles. The summed E-state index contributed by atoms with van der Waals surface area (Å²) in [6, 6.07) is 6.32. The van der Waals surface area contributed by atoms with Crippen LogP contribution in [0.3, 0.4) is 0 Å². The van der Waals surface area contributed by atoms with Crippen molar-refractivity contribution in [2.75, 3.05) is 46.2 Å². The van der Waals surface area contributed by atoms with E-state index >= 15 is 0 Å². The minimum absolute atomic E-state index is 0.0496. The molecule has 0 bridgehead atoms. The molecule has 1 saturated heterocycles. The summed E-state index contributed by atoms with van der Waals surface area (Å²) in [5.74, 6) is -0.113. The van der Waals surface area contributed by atoms with Crippen LogP contribution in [0, 0.1) is 0 Å². The maximum Gasteiger partial charge on any atom is 0.254 e. The van der Waals surface area contributed by atoms with E-state index in [1.807, 2.05) is 18.9 Å². The van der Waals surface area contributed by atoms with Gasteiger partial charge in [0.15, 0.2) is 9.84 Å². The topological polar surface area (TPSA) is 66.9 Å². The Hall–Kier alpha value is -1.44. The number of methoxy groups -OCH3 is 1. The van der Waals surface area contributed by atoms with Crippen LogP contribution in [0.15, 0.2) is 29.2 Å². The number of sulfone groups is 1. The summed E-state index contributed by atoms with van der Waals surface area (Å²) in [7, 11) is 0.142. The van der Waals surface area contributed by atoms with E-state index in [2.05, 4.69) is 4.90 Å². The number of benzene rings is 1. The van der Waals surface area contributed by atoms with Gasteiger partial charge in [-0.25, -0.2) is 8.42 Å². The summed E-state index contributed by atoms with van der Waals surface area (Å²) in [6.45, 7) is 4.55. The highest BCUT2D eigenvalue weighted by atomic mass is 32.2. The smallest absolute Gasteiger partial charge is 0.254 e. The molecule has 0 saturated carbocycles. The van der Waals surface area contributed by atoms with E-state index in [9.17, 15) is 13.2 Å². The molecule has 6 nitrogen and oxygen atoms in total. The molecule has 1 aromatic carbocycles.